The number of nitrogens with two attached hydrogens (primary N) is 1. The topological polar surface area (TPSA) is 68.0 Å². The van der Waals surface area contributed by atoms with E-state index in [1.807, 2.05) is 18.2 Å². The highest BCUT2D eigenvalue weighted by Gasteiger charge is 2.09. The van der Waals surface area contributed by atoms with Crippen LogP contribution in [0.15, 0.2) is 18.2 Å². The van der Waals surface area contributed by atoms with Gasteiger partial charge in [-0.1, -0.05) is 6.07 Å². The van der Waals surface area contributed by atoms with Gasteiger partial charge in [-0.25, -0.2) is 0 Å². The SMILES string of the molecule is COCCN(CCO)Cc1ccc(N)cc1OC. The maximum Gasteiger partial charge on any atom is 0.125 e. The summed E-state index contributed by atoms with van der Waals surface area (Å²) in [5, 5.41) is 9.05. The number of benzene rings is 1. The number of aliphatic hydroxyl groups is 1. The van der Waals surface area contributed by atoms with E-state index in [-0.39, 0.29) is 6.61 Å². The van der Waals surface area contributed by atoms with E-state index in [0.717, 1.165) is 17.9 Å². The first kappa shape index (κ1) is 14.8. The van der Waals surface area contributed by atoms with Gasteiger partial charge in [0.05, 0.1) is 20.3 Å². The molecule has 0 atom stereocenters. The van der Waals surface area contributed by atoms with Gasteiger partial charge >= 0.3 is 0 Å². The Kier molecular flexibility index (Phi) is 6.49. The highest BCUT2D eigenvalue weighted by molar-refractivity contribution is 5.48. The van der Waals surface area contributed by atoms with Gasteiger partial charge in [-0.15, -0.1) is 0 Å². The molecule has 0 fully saturated rings. The van der Waals surface area contributed by atoms with Crippen molar-refractivity contribution < 1.29 is 14.6 Å². The molecule has 1 rings (SSSR count). The third-order valence-corrected chi connectivity index (χ3v) is 2.73. The van der Waals surface area contributed by atoms with Crippen LogP contribution in [0.3, 0.4) is 0 Å². The quantitative estimate of drug-likeness (QED) is 0.669. The average Bonchev–Trinajstić information content (AvgIpc) is 2.38. The van der Waals surface area contributed by atoms with Gasteiger partial charge in [0.1, 0.15) is 5.75 Å². The molecular formula is C13H22N2O3. The molecule has 0 unspecified atom stereocenters. The van der Waals surface area contributed by atoms with E-state index in [0.29, 0.717) is 25.4 Å². The van der Waals surface area contributed by atoms with Crippen molar-refractivity contribution in [2.45, 2.75) is 6.54 Å². The molecule has 102 valence electrons. The molecule has 18 heavy (non-hydrogen) atoms. The minimum absolute atomic E-state index is 0.126. The van der Waals surface area contributed by atoms with E-state index < -0.39 is 0 Å². The van der Waals surface area contributed by atoms with Crippen molar-refractivity contribution in [1.82, 2.24) is 4.90 Å². The minimum atomic E-state index is 0.126. The fourth-order valence-electron chi connectivity index (χ4n) is 1.76. The normalized spacial score (nSPS) is 10.9. The smallest absolute Gasteiger partial charge is 0.125 e. The van der Waals surface area contributed by atoms with Crippen molar-refractivity contribution in [3.05, 3.63) is 23.8 Å². The van der Waals surface area contributed by atoms with Crippen molar-refractivity contribution in [3.63, 3.8) is 0 Å². The third kappa shape index (κ3) is 4.52. The lowest BCUT2D eigenvalue weighted by atomic mass is 10.1. The second kappa shape index (κ2) is 7.92. The molecule has 0 amide bonds. The van der Waals surface area contributed by atoms with Gasteiger partial charge in [0, 0.05) is 44.1 Å². The zero-order valence-corrected chi connectivity index (χ0v) is 11.1. The molecule has 0 spiro atoms. The number of nitrogen functional groups attached to an aromatic ring is 1. The number of ether oxygens (including phenoxy) is 2. The zero-order chi connectivity index (χ0) is 13.4. The Morgan fingerprint density at radius 1 is 1.28 bits per heavy atom. The molecule has 3 N–H and O–H groups in total. The van der Waals surface area contributed by atoms with Crippen molar-refractivity contribution in [3.8, 4) is 5.75 Å². The fourth-order valence-corrected chi connectivity index (χ4v) is 1.76. The first-order chi connectivity index (χ1) is 8.71. The van der Waals surface area contributed by atoms with E-state index in [1.165, 1.54) is 0 Å². The fraction of sp³-hybridized carbons (Fsp3) is 0.538. The maximum absolute atomic E-state index is 9.05. The van der Waals surface area contributed by atoms with Gasteiger partial charge in [-0.2, -0.15) is 0 Å². The number of anilines is 1. The first-order valence-electron chi connectivity index (χ1n) is 5.95. The maximum atomic E-state index is 9.05. The molecular weight excluding hydrogens is 232 g/mol. The lowest BCUT2D eigenvalue weighted by Gasteiger charge is -2.22. The van der Waals surface area contributed by atoms with Gasteiger partial charge in [0.2, 0.25) is 0 Å². The van der Waals surface area contributed by atoms with Crippen LogP contribution in [0.4, 0.5) is 5.69 Å². The summed E-state index contributed by atoms with van der Waals surface area (Å²) in [6.07, 6.45) is 0. The molecule has 0 saturated carbocycles. The molecule has 0 aromatic heterocycles. The zero-order valence-electron chi connectivity index (χ0n) is 11.1. The van der Waals surface area contributed by atoms with Crippen LogP contribution < -0.4 is 10.5 Å². The van der Waals surface area contributed by atoms with Crippen LogP contribution >= 0.6 is 0 Å². The summed E-state index contributed by atoms with van der Waals surface area (Å²) >= 11 is 0. The van der Waals surface area contributed by atoms with E-state index in [1.54, 1.807) is 14.2 Å². The summed E-state index contributed by atoms with van der Waals surface area (Å²) in [5.41, 5.74) is 7.45. The number of aliphatic hydroxyl groups excluding tert-OH is 1. The Morgan fingerprint density at radius 3 is 2.67 bits per heavy atom. The summed E-state index contributed by atoms with van der Waals surface area (Å²) in [6, 6.07) is 5.61. The Hall–Kier alpha value is -1.30. The molecule has 1 aromatic carbocycles. The van der Waals surface area contributed by atoms with E-state index in [9.17, 15) is 0 Å². The summed E-state index contributed by atoms with van der Waals surface area (Å²) in [4.78, 5) is 2.11. The Labute approximate surface area is 108 Å². The summed E-state index contributed by atoms with van der Waals surface area (Å²) in [7, 11) is 3.30. The van der Waals surface area contributed by atoms with Crippen LogP contribution in [0.1, 0.15) is 5.56 Å². The van der Waals surface area contributed by atoms with E-state index in [2.05, 4.69) is 4.90 Å². The second-order valence-electron chi connectivity index (χ2n) is 4.06. The molecule has 0 radical (unpaired) electrons. The number of hydrogen-bond acceptors (Lipinski definition) is 5. The molecule has 0 heterocycles. The van der Waals surface area contributed by atoms with Crippen LogP contribution in [0.25, 0.3) is 0 Å². The number of rotatable bonds is 8. The number of nitrogens with zero attached hydrogens (tertiary/aromatic N) is 1. The van der Waals surface area contributed by atoms with Crippen molar-refractivity contribution in [1.29, 1.82) is 0 Å². The van der Waals surface area contributed by atoms with Gasteiger partial charge in [-0.3, -0.25) is 4.90 Å². The van der Waals surface area contributed by atoms with Crippen LogP contribution in [0, 0.1) is 0 Å². The minimum Gasteiger partial charge on any atom is -0.496 e. The van der Waals surface area contributed by atoms with Gasteiger partial charge in [-0.05, 0) is 6.07 Å². The molecule has 0 aliphatic heterocycles. The largest absolute Gasteiger partial charge is 0.496 e. The van der Waals surface area contributed by atoms with Gasteiger partial charge in [0.25, 0.3) is 0 Å². The van der Waals surface area contributed by atoms with Crippen molar-refractivity contribution in [2.24, 2.45) is 0 Å². The monoisotopic (exact) mass is 254 g/mol. The lowest BCUT2D eigenvalue weighted by molar-refractivity contribution is 0.126. The molecule has 0 bridgehead atoms. The number of methoxy groups -OCH3 is 2. The standard InChI is InChI=1S/C13H22N2O3/c1-17-8-6-15(5-7-16)10-11-3-4-12(14)9-13(11)18-2/h3-4,9,16H,5-8,10,14H2,1-2H3. The summed E-state index contributed by atoms with van der Waals surface area (Å²) in [6.45, 7) is 2.84. The third-order valence-electron chi connectivity index (χ3n) is 2.73. The highest BCUT2D eigenvalue weighted by Crippen LogP contribution is 2.22. The van der Waals surface area contributed by atoms with Crippen molar-refractivity contribution >= 4 is 5.69 Å². The summed E-state index contributed by atoms with van der Waals surface area (Å²) < 4.78 is 10.4. The lowest BCUT2D eigenvalue weighted by Crippen LogP contribution is -2.30. The Balaban J connectivity index is 2.72. The van der Waals surface area contributed by atoms with Gasteiger partial charge in [0.15, 0.2) is 0 Å². The molecule has 0 aliphatic rings. The Bertz CT molecular complexity index is 358. The van der Waals surface area contributed by atoms with Crippen LogP contribution in [-0.2, 0) is 11.3 Å². The highest BCUT2D eigenvalue weighted by atomic mass is 16.5. The first-order valence-corrected chi connectivity index (χ1v) is 5.95. The molecule has 0 saturated heterocycles. The van der Waals surface area contributed by atoms with Crippen molar-refractivity contribution in [2.75, 3.05) is 46.3 Å². The average molecular weight is 254 g/mol. The van der Waals surface area contributed by atoms with E-state index >= 15 is 0 Å². The number of hydrogen-bond donors (Lipinski definition) is 2. The van der Waals surface area contributed by atoms with Crippen LogP contribution in [0.5, 0.6) is 5.75 Å². The Morgan fingerprint density at radius 2 is 2.06 bits per heavy atom. The second-order valence-corrected chi connectivity index (χ2v) is 4.06. The predicted octanol–water partition coefficient (Wildman–Crippen LogP) is 0.718. The molecule has 5 nitrogen and oxygen atoms in total. The predicted molar refractivity (Wildman–Crippen MR) is 71.6 cm³/mol. The van der Waals surface area contributed by atoms with Crippen LogP contribution in [0.2, 0.25) is 0 Å². The molecule has 1 aromatic rings. The van der Waals surface area contributed by atoms with E-state index in [4.69, 9.17) is 20.3 Å². The summed E-state index contributed by atoms with van der Waals surface area (Å²) in [5.74, 6) is 0.773. The molecule has 5 heteroatoms. The molecule has 0 aliphatic carbocycles. The van der Waals surface area contributed by atoms with Crippen LogP contribution in [-0.4, -0.2) is 50.5 Å². The van der Waals surface area contributed by atoms with Gasteiger partial charge < -0.3 is 20.3 Å².